The van der Waals surface area contributed by atoms with Gasteiger partial charge in [-0.15, -0.1) is 0 Å². The van der Waals surface area contributed by atoms with Crippen LogP contribution >= 0.6 is 0 Å². The van der Waals surface area contributed by atoms with E-state index in [9.17, 15) is 24.0 Å². The SMILES string of the molecule is O=C(CCc1ccccc1)N[C@H]1CCC(=O)N2CCC[C@@H](C(=O)N[C@H]3CC(=O)OC3OCc3ccccc3)N2C1=O. The number of aryl methyl sites for hydroxylation is 1. The van der Waals surface area contributed by atoms with Crippen molar-refractivity contribution < 1.29 is 33.4 Å². The van der Waals surface area contributed by atoms with Crippen LogP contribution < -0.4 is 10.6 Å². The minimum absolute atomic E-state index is 0.0700. The maximum Gasteiger partial charge on any atom is 0.310 e. The summed E-state index contributed by atoms with van der Waals surface area (Å²) in [6.45, 7) is 0.490. The van der Waals surface area contributed by atoms with Gasteiger partial charge in [-0.3, -0.25) is 29.0 Å². The Morgan fingerprint density at radius 3 is 2.37 bits per heavy atom. The van der Waals surface area contributed by atoms with Gasteiger partial charge in [-0.1, -0.05) is 60.7 Å². The van der Waals surface area contributed by atoms with Gasteiger partial charge in [0.25, 0.3) is 5.91 Å². The maximum absolute atomic E-state index is 13.7. The topological polar surface area (TPSA) is 134 Å². The van der Waals surface area contributed by atoms with E-state index in [4.69, 9.17) is 9.47 Å². The summed E-state index contributed by atoms with van der Waals surface area (Å²) >= 11 is 0. The molecule has 4 amide bonds. The van der Waals surface area contributed by atoms with Crippen molar-refractivity contribution in [1.29, 1.82) is 0 Å². The lowest BCUT2D eigenvalue weighted by Crippen LogP contribution is -2.64. The largest absolute Gasteiger partial charge is 0.433 e. The van der Waals surface area contributed by atoms with Crippen LogP contribution in [0.3, 0.4) is 0 Å². The summed E-state index contributed by atoms with van der Waals surface area (Å²) in [4.78, 5) is 65.0. The predicted molar refractivity (Wildman–Crippen MR) is 145 cm³/mol. The van der Waals surface area contributed by atoms with E-state index >= 15 is 0 Å². The van der Waals surface area contributed by atoms with E-state index in [2.05, 4.69) is 10.6 Å². The normalized spacial score (nSPS) is 24.3. The Bertz CT molecular complexity index is 1270. The van der Waals surface area contributed by atoms with Crippen molar-refractivity contribution >= 4 is 29.6 Å². The molecule has 3 saturated heterocycles. The Labute approximate surface area is 238 Å². The van der Waals surface area contributed by atoms with Crippen LogP contribution in [-0.2, 0) is 46.5 Å². The summed E-state index contributed by atoms with van der Waals surface area (Å²) in [5.74, 6) is -2.09. The molecule has 0 aliphatic carbocycles. The molecule has 2 aromatic rings. The molecule has 0 spiro atoms. The lowest BCUT2D eigenvalue weighted by Gasteiger charge is -2.43. The molecule has 3 aliphatic rings. The number of hydrogen-bond acceptors (Lipinski definition) is 7. The molecular formula is C30H34N4O7. The molecule has 2 aromatic carbocycles. The number of carbonyl (C=O) groups excluding carboxylic acids is 5. The molecule has 3 heterocycles. The average molecular weight is 563 g/mol. The van der Waals surface area contributed by atoms with Gasteiger partial charge >= 0.3 is 5.97 Å². The number of cyclic esters (lactones) is 1. The molecule has 2 N–H and O–H groups in total. The van der Waals surface area contributed by atoms with Crippen LogP contribution in [-0.4, -0.2) is 70.6 Å². The van der Waals surface area contributed by atoms with Crippen molar-refractivity contribution in [3.8, 4) is 0 Å². The number of carbonyl (C=O) groups is 5. The molecule has 5 rings (SSSR count). The van der Waals surface area contributed by atoms with Crippen LogP contribution in [0.25, 0.3) is 0 Å². The molecule has 3 aliphatic heterocycles. The van der Waals surface area contributed by atoms with Crippen molar-refractivity contribution in [2.45, 2.75) is 76.0 Å². The van der Waals surface area contributed by atoms with Gasteiger partial charge in [0.2, 0.25) is 24.0 Å². The summed E-state index contributed by atoms with van der Waals surface area (Å²) in [5, 5.41) is 8.13. The molecule has 4 atom stereocenters. The molecule has 0 radical (unpaired) electrons. The number of esters is 1. The van der Waals surface area contributed by atoms with E-state index in [0.29, 0.717) is 25.8 Å². The van der Waals surface area contributed by atoms with Crippen LogP contribution in [0.4, 0.5) is 0 Å². The second-order valence-corrected chi connectivity index (χ2v) is 10.5. The van der Waals surface area contributed by atoms with Gasteiger partial charge in [-0.05, 0) is 36.8 Å². The number of fused-ring (bicyclic) bond motifs is 1. The molecular weight excluding hydrogens is 528 g/mol. The number of hydrogen-bond donors (Lipinski definition) is 2. The number of amides is 4. The van der Waals surface area contributed by atoms with Gasteiger partial charge in [0.1, 0.15) is 18.1 Å². The molecule has 1 unspecified atom stereocenters. The summed E-state index contributed by atoms with van der Waals surface area (Å²) in [6.07, 6.45) is 0.719. The smallest absolute Gasteiger partial charge is 0.310 e. The lowest BCUT2D eigenvalue weighted by atomic mass is 10.0. The Kier molecular flexibility index (Phi) is 8.93. The van der Waals surface area contributed by atoms with E-state index in [1.807, 2.05) is 60.7 Å². The van der Waals surface area contributed by atoms with Crippen LogP contribution in [0.15, 0.2) is 60.7 Å². The van der Waals surface area contributed by atoms with Gasteiger partial charge in [0.05, 0.1) is 13.0 Å². The third-order valence-corrected chi connectivity index (χ3v) is 7.53. The molecule has 11 nitrogen and oxygen atoms in total. The van der Waals surface area contributed by atoms with Crippen LogP contribution in [0.1, 0.15) is 49.7 Å². The Morgan fingerprint density at radius 1 is 0.927 bits per heavy atom. The van der Waals surface area contributed by atoms with E-state index in [-0.39, 0.29) is 44.1 Å². The number of ether oxygens (including phenoxy) is 2. The summed E-state index contributed by atoms with van der Waals surface area (Å²) in [5.41, 5.74) is 1.89. The number of nitrogens with zero attached hydrogens (tertiary/aromatic N) is 2. The number of hydrazine groups is 1. The minimum Gasteiger partial charge on any atom is -0.433 e. The fraction of sp³-hybridized carbons (Fsp3) is 0.433. The Hall–Kier alpha value is -4.25. The summed E-state index contributed by atoms with van der Waals surface area (Å²) < 4.78 is 11.1. The van der Waals surface area contributed by atoms with E-state index in [0.717, 1.165) is 11.1 Å². The molecule has 0 aromatic heterocycles. The highest BCUT2D eigenvalue weighted by molar-refractivity contribution is 5.95. The zero-order valence-electron chi connectivity index (χ0n) is 22.7. The first-order chi connectivity index (χ1) is 19.9. The average Bonchev–Trinajstić information content (AvgIpc) is 3.29. The quantitative estimate of drug-likeness (QED) is 0.444. The van der Waals surface area contributed by atoms with Crippen molar-refractivity contribution in [1.82, 2.24) is 20.7 Å². The first-order valence-corrected chi connectivity index (χ1v) is 14.0. The Morgan fingerprint density at radius 2 is 1.63 bits per heavy atom. The second-order valence-electron chi connectivity index (χ2n) is 10.5. The summed E-state index contributed by atoms with van der Waals surface area (Å²) in [6, 6.07) is 16.3. The first kappa shape index (κ1) is 28.3. The number of benzene rings is 2. The van der Waals surface area contributed by atoms with Gasteiger partial charge < -0.3 is 20.1 Å². The molecule has 11 heteroatoms. The van der Waals surface area contributed by atoms with Crippen molar-refractivity contribution in [3.05, 3.63) is 71.8 Å². The Balaban J connectivity index is 1.24. The van der Waals surface area contributed by atoms with Crippen LogP contribution in [0, 0.1) is 0 Å². The third-order valence-electron chi connectivity index (χ3n) is 7.53. The van der Waals surface area contributed by atoms with Gasteiger partial charge in [-0.2, -0.15) is 0 Å². The molecule has 41 heavy (non-hydrogen) atoms. The van der Waals surface area contributed by atoms with Gasteiger partial charge in [0, 0.05) is 19.4 Å². The highest BCUT2D eigenvalue weighted by Crippen LogP contribution is 2.26. The third kappa shape index (κ3) is 6.91. The predicted octanol–water partition coefficient (Wildman–Crippen LogP) is 1.61. The summed E-state index contributed by atoms with van der Waals surface area (Å²) in [7, 11) is 0. The van der Waals surface area contributed by atoms with E-state index < -0.39 is 42.2 Å². The monoisotopic (exact) mass is 562 g/mol. The van der Waals surface area contributed by atoms with Crippen molar-refractivity contribution in [3.63, 3.8) is 0 Å². The lowest BCUT2D eigenvalue weighted by molar-refractivity contribution is -0.178. The first-order valence-electron chi connectivity index (χ1n) is 14.0. The highest BCUT2D eigenvalue weighted by Gasteiger charge is 2.46. The van der Waals surface area contributed by atoms with E-state index in [1.54, 1.807) is 0 Å². The maximum atomic E-state index is 13.7. The van der Waals surface area contributed by atoms with Crippen LogP contribution in [0.5, 0.6) is 0 Å². The second kappa shape index (κ2) is 12.9. The highest BCUT2D eigenvalue weighted by atomic mass is 16.7. The fourth-order valence-electron chi connectivity index (χ4n) is 5.41. The standard InChI is InChI=1S/C30H34N4O7/c35-25(15-13-20-8-3-1-4-9-20)31-22-14-16-26(36)33-17-7-12-24(34(33)29(22)39)28(38)32-23-18-27(37)41-30(23)40-19-21-10-5-2-6-11-21/h1-6,8-11,22-24,30H,7,12-19H2,(H,31,35)(H,32,38)/t22-,23-,24-,30?/m0/s1. The molecule has 3 fully saturated rings. The molecule has 216 valence electrons. The minimum atomic E-state index is -0.982. The van der Waals surface area contributed by atoms with Crippen LogP contribution in [0.2, 0.25) is 0 Å². The zero-order chi connectivity index (χ0) is 28.8. The van der Waals surface area contributed by atoms with Gasteiger partial charge in [0.15, 0.2) is 0 Å². The number of rotatable bonds is 9. The molecule has 0 saturated carbocycles. The van der Waals surface area contributed by atoms with Crippen molar-refractivity contribution in [2.24, 2.45) is 0 Å². The van der Waals surface area contributed by atoms with Gasteiger partial charge in [-0.25, -0.2) is 5.01 Å². The molecule has 0 bridgehead atoms. The van der Waals surface area contributed by atoms with E-state index in [1.165, 1.54) is 10.0 Å². The van der Waals surface area contributed by atoms with Crippen molar-refractivity contribution in [2.75, 3.05) is 6.54 Å². The number of nitrogens with one attached hydrogen (secondary N) is 2. The zero-order valence-corrected chi connectivity index (χ0v) is 22.7. The fourth-order valence-corrected chi connectivity index (χ4v) is 5.41.